The molecule has 0 radical (unpaired) electrons. The van der Waals surface area contributed by atoms with Crippen LogP contribution >= 0.6 is 0 Å². The molecule has 118 valence electrons. The van der Waals surface area contributed by atoms with Crippen LogP contribution in [0, 0.1) is 17.8 Å². The van der Waals surface area contributed by atoms with Gasteiger partial charge in [0.15, 0.2) is 0 Å². The van der Waals surface area contributed by atoms with Crippen molar-refractivity contribution in [3.63, 3.8) is 0 Å². The van der Waals surface area contributed by atoms with Crippen LogP contribution in [0.1, 0.15) is 90.9 Å². The number of ether oxygens (including phenoxy) is 1. The largest absolute Gasteiger partial charge is 0.379 e. The van der Waals surface area contributed by atoms with E-state index in [1.165, 1.54) is 77.0 Å². The van der Waals surface area contributed by atoms with E-state index >= 15 is 0 Å². The highest BCUT2D eigenvalue weighted by molar-refractivity contribution is 4.76. The highest BCUT2D eigenvalue weighted by atomic mass is 16.5. The van der Waals surface area contributed by atoms with Crippen LogP contribution in [0.2, 0.25) is 0 Å². The molecule has 2 rings (SSSR count). The Labute approximate surface area is 126 Å². The Morgan fingerprint density at radius 1 is 0.650 bits per heavy atom. The Morgan fingerprint density at radius 2 is 1.10 bits per heavy atom. The fourth-order valence-corrected chi connectivity index (χ4v) is 4.51. The Hall–Kier alpha value is -0.0400. The van der Waals surface area contributed by atoms with Gasteiger partial charge in [-0.2, -0.15) is 0 Å². The second-order valence-corrected chi connectivity index (χ2v) is 7.35. The molecule has 2 saturated carbocycles. The van der Waals surface area contributed by atoms with Crippen LogP contribution in [-0.2, 0) is 4.74 Å². The predicted molar refractivity (Wildman–Crippen MR) is 87.0 cm³/mol. The minimum absolute atomic E-state index is 0.584. The molecule has 0 aromatic heterocycles. The molecular weight excluding hydrogens is 244 g/mol. The van der Waals surface area contributed by atoms with Gasteiger partial charge in [-0.05, 0) is 50.4 Å². The fraction of sp³-hybridized carbons (Fsp3) is 1.00. The van der Waals surface area contributed by atoms with Gasteiger partial charge in [0, 0.05) is 6.61 Å². The van der Waals surface area contributed by atoms with Crippen LogP contribution in [0.3, 0.4) is 0 Å². The minimum atomic E-state index is 0.584. The lowest BCUT2D eigenvalue weighted by molar-refractivity contribution is 0.0238. The van der Waals surface area contributed by atoms with Crippen molar-refractivity contribution in [3.05, 3.63) is 0 Å². The molecule has 2 fully saturated rings. The second-order valence-electron chi connectivity index (χ2n) is 7.35. The van der Waals surface area contributed by atoms with E-state index in [0.29, 0.717) is 6.10 Å². The molecule has 0 N–H and O–H groups in total. The smallest absolute Gasteiger partial charge is 0.0575 e. The Balaban J connectivity index is 1.55. The lowest BCUT2D eigenvalue weighted by Gasteiger charge is -2.31. The number of rotatable bonds is 7. The molecule has 0 heterocycles. The maximum Gasteiger partial charge on any atom is 0.0575 e. The molecule has 0 spiro atoms. The monoisotopic (exact) mass is 280 g/mol. The van der Waals surface area contributed by atoms with Crippen LogP contribution in [0.25, 0.3) is 0 Å². The summed E-state index contributed by atoms with van der Waals surface area (Å²) < 4.78 is 5.76. The van der Waals surface area contributed by atoms with Gasteiger partial charge in [0.05, 0.1) is 6.10 Å². The first-order valence-electron chi connectivity index (χ1n) is 9.43. The van der Waals surface area contributed by atoms with Gasteiger partial charge in [0.2, 0.25) is 0 Å². The first kappa shape index (κ1) is 16.3. The summed E-state index contributed by atoms with van der Waals surface area (Å²) in [5, 5.41) is 0. The van der Waals surface area contributed by atoms with Gasteiger partial charge >= 0.3 is 0 Å². The van der Waals surface area contributed by atoms with E-state index in [9.17, 15) is 0 Å². The van der Waals surface area contributed by atoms with Crippen molar-refractivity contribution in [1.29, 1.82) is 0 Å². The summed E-state index contributed by atoms with van der Waals surface area (Å²) in [4.78, 5) is 0. The quantitative estimate of drug-likeness (QED) is 0.558. The van der Waals surface area contributed by atoms with Gasteiger partial charge in [-0.25, -0.2) is 0 Å². The van der Waals surface area contributed by atoms with Crippen LogP contribution in [0.4, 0.5) is 0 Å². The maximum atomic E-state index is 5.76. The average Bonchev–Trinajstić information content (AvgIpc) is 2.49. The number of hydrogen-bond acceptors (Lipinski definition) is 1. The highest BCUT2D eigenvalue weighted by Gasteiger charge is 2.24. The van der Waals surface area contributed by atoms with Crippen molar-refractivity contribution >= 4 is 0 Å². The van der Waals surface area contributed by atoms with Crippen molar-refractivity contribution in [2.75, 3.05) is 6.61 Å². The maximum absolute atomic E-state index is 5.76. The summed E-state index contributed by atoms with van der Waals surface area (Å²) in [5.74, 6) is 3.14. The summed E-state index contributed by atoms with van der Waals surface area (Å²) in [5.41, 5.74) is 0. The van der Waals surface area contributed by atoms with Crippen molar-refractivity contribution in [1.82, 2.24) is 0 Å². The molecule has 0 amide bonds. The summed E-state index contributed by atoms with van der Waals surface area (Å²) in [6, 6.07) is 0. The average molecular weight is 280 g/mol. The molecule has 0 atom stereocenters. The summed E-state index contributed by atoms with van der Waals surface area (Å²) in [6.07, 6.45) is 18.1. The Bertz CT molecular complexity index is 208. The molecule has 0 aromatic rings. The Morgan fingerprint density at radius 3 is 1.55 bits per heavy atom. The number of hydrogen-bond donors (Lipinski definition) is 0. The normalized spacial score (nSPS) is 35.1. The third-order valence-corrected chi connectivity index (χ3v) is 5.84. The van der Waals surface area contributed by atoms with Gasteiger partial charge in [0.25, 0.3) is 0 Å². The first-order chi connectivity index (χ1) is 9.81. The van der Waals surface area contributed by atoms with Gasteiger partial charge in [0.1, 0.15) is 0 Å². The third-order valence-electron chi connectivity index (χ3n) is 5.84. The van der Waals surface area contributed by atoms with Gasteiger partial charge in [-0.15, -0.1) is 0 Å². The second kappa shape index (κ2) is 9.07. The highest BCUT2D eigenvalue weighted by Crippen LogP contribution is 2.36. The molecule has 2 aliphatic carbocycles. The zero-order valence-electron chi connectivity index (χ0n) is 13.9. The van der Waals surface area contributed by atoms with Gasteiger partial charge in [-0.1, -0.05) is 58.3 Å². The van der Waals surface area contributed by atoms with Crippen molar-refractivity contribution < 1.29 is 4.74 Å². The fourth-order valence-electron chi connectivity index (χ4n) is 4.51. The lowest BCUT2D eigenvalue weighted by atomic mass is 9.76. The zero-order valence-corrected chi connectivity index (χ0v) is 13.9. The lowest BCUT2D eigenvalue weighted by Crippen LogP contribution is -2.22. The van der Waals surface area contributed by atoms with Crippen molar-refractivity contribution in [3.8, 4) is 0 Å². The summed E-state index contributed by atoms with van der Waals surface area (Å²) in [7, 11) is 0. The first-order valence-corrected chi connectivity index (χ1v) is 9.43. The molecule has 1 nitrogen and oxygen atoms in total. The van der Waals surface area contributed by atoms with E-state index < -0.39 is 0 Å². The molecule has 1 heteroatoms. The minimum Gasteiger partial charge on any atom is -0.379 e. The summed E-state index contributed by atoms with van der Waals surface area (Å²) in [6.45, 7) is 5.36. The molecule has 0 aromatic carbocycles. The van der Waals surface area contributed by atoms with E-state index in [-0.39, 0.29) is 0 Å². The molecule has 2 aliphatic rings. The van der Waals surface area contributed by atoms with Gasteiger partial charge in [-0.3, -0.25) is 0 Å². The van der Waals surface area contributed by atoms with Crippen molar-refractivity contribution in [2.24, 2.45) is 17.8 Å². The Kier molecular flexibility index (Phi) is 7.41. The van der Waals surface area contributed by atoms with Crippen molar-refractivity contribution in [2.45, 2.75) is 97.0 Å². The van der Waals surface area contributed by atoms with E-state index in [1.54, 1.807) is 0 Å². The molecule has 0 unspecified atom stereocenters. The predicted octanol–water partition coefficient (Wildman–Crippen LogP) is 5.97. The molecule has 0 bridgehead atoms. The third kappa shape index (κ3) is 5.39. The summed E-state index contributed by atoms with van der Waals surface area (Å²) >= 11 is 0. The molecule has 0 aliphatic heterocycles. The van der Waals surface area contributed by atoms with E-state index in [0.717, 1.165) is 24.4 Å². The van der Waals surface area contributed by atoms with Crippen LogP contribution in [0.5, 0.6) is 0 Å². The zero-order chi connectivity index (χ0) is 14.2. The molecular formula is C19H36O. The van der Waals surface area contributed by atoms with Crippen LogP contribution in [0.15, 0.2) is 0 Å². The van der Waals surface area contributed by atoms with E-state index in [4.69, 9.17) is 4.74 Å². The van der Waals surface area contributed by atoms with Gasteiger partial charge < -0.3 is 4.74 Å². The van der Waals surface area contributed by atoms with Crippen LogP contribution in [-0.4, -0.2) is 12.7 Å². The molecule has 20 heavy (non-hydrogen) atoms. The van der Waals surface area contributed by atoms with E-state index in [1.807, 2.05) is 0 Å². The SMILES string of the molecule is CCCC1CCC(CCC2CCC(OCC)CC2)CC1. The topological polar surface area (TPSA) is 9.23 Å². The molecule has 0 saturated heterocycles. The van der Waals surface area contributed by atoms with Crippen LogP contribution < -0.4 is 0 Å². The van der Waals surface area contributed by atoms with E-state index in [2.05, 4.69) is 13.8 Å². The standard InChI is InChI=1S/C19H36O/c1-3-5-16-6-8-17(9-7-16)10-11-18-12-14-19(15-13-18)20-4-2/h16-19H,3-15H2,1-2H3.